The van der Waals surface area contributed by atoms with Gasteiger partial charge in [-0.25, -0.2) is 4.98 Å². The minimum absolute atomic E-state index is 0.102. The second kappa shape index (κ2) is 7.22. The number of hydrogen-bond donors (Lipinski definition) is 0. The fourth-order valence-electron chi connectivity index (χ4n) is 4.38. The van der Waals surface area contributed by atoms with Gasteiger partial charge in [-0.3, -0.25) is 4.79 Å². The predicted molar refractivity (Wildman–Crippen MR) is 108 cm³/mol. The first-order valence-electron chi connectivity index (χ1n) is 9.90. The van der Waals surface area contributed by atoms with Crippen molar-refractivity contribution in [2.75, 3.05) is 6.54 Å². The number of para-hydroxylation sites is 2. The van der Waals surface area contributed by atoms with E-state index in [1.807, 2.05) is 18.2 Å². The molecule has 1 aromatic carbocycles. The molecule has 3 aromatic rings. The highest BCUT2D eigenvalue weighted by molar-refractivity contribution is 5.78. The zero-order valence-corrected chi connectivity index (χ0v) is 16.5. The highest BCUT2D eigenvalue weighted by Crippen LogP contribution is 2.33. The van der Waals surface area contributed by atoms with E-state index in [-0.39, 0.29) is 11.9 Å². The second-order valence-electron chi connectivity index (χ2n) is 7.63. The Balaban J connectivity index is 1.46. The van der Waals surface area contributed by atoms with Gasteiger partial charge in [-0.2, -0.15) is 0 Å². The van der Waals surface area contributed by atoms with Crippen LogP contribution in [0.3, 0.4) is 0 Å². The van der Waals surface area contributed by atoms with Crippen molar-refractivity contribution >= 4 is 16.9 Å². The summed E-state index contributed by atoms with van der Waals surface area (Å²) in [4.78, 5) is 19.8. The first-order valence-corrected chi connectivity index (χ1v) is 9.90. The normalized spacial score (nSPS) is 17.1. The van der Waals surface area contributed by atoms with Crippen LogP contribution in [-0.4, -0.2) is 31.5 Å². The van der Waals surface area contributed by atoms with Crippen molar-refractivity contribution in [3.8, 4) is 0 Å². The van der Waals surface area contributed by atoms with Crippen LogP contribution in [0.5, 0.6) is 0 Å². The minimum Gasteiger partial charge on any atom is -0.349 e. The summed E-state index contributed by atoms with van der Waals surface area (Å²) in [6.45, 7) is 5.99. The quantitative estimate of drug-likeness (QED) is 0.683. The maximum Gasteiger partial charge on any atom is 0.223 e. The number of nitrogens with zero attached hydrogens (tertiary/aromatic N) is 4. The lowest BCUT2D eigenvalue weighted by molar-refractivity contribution is -0.132. The van der Waals surface area contributed by atoms with Crippen LogP contribution in [0, 0.1) is 13.8 Å². The molecule has 1 fully saturated rings. The molecule has 1 unspecified atom stereocenters. The van der Waals surface area contributed by atoms with E-state index in [0.29, 0.717) is 6.42 Å². The summed E-state index contributed by atoms with van der Waals surface area (Å²) < 4.78 is 4.44. The van der Waals surface area contributed by atoms with Crippen LogP contribution in [0.1, 0.15) is 48.9 Å². The highest BCUT2D eigenvalue weighted by Gasteiger charge is 2.32. The smallest absolute Gasteiger partial charge is 0.223 e. The largest absolute Gasteiger partial charge is 0.349 e. The van der Waals surface area contributed by atoms with Gasteiger partial charge in [-0.1, -0.05) is 12.1 Å². The highest BCUT2D eigenvalue weighted by atomic mass is 16.2. The Bertz CT molecular complexity index is 949. The molecule has 0 saturated carbocycles. The average molecular weight is 364 g/mol. The van der Waals surface area contributed by atoms with E-state index in [4.69, 9.17) is 4.98 Å². The summed E-state index contributed by atoms with van der Waals surface area (Å²) in [6, 6.07) is 12.6. The maximum atomic E-state index is 12.9. The van der Waals surface area contributed by atoms with Crippen molar-refractivity contribution in [2.45, 2.75) is 52.1 Å². The van der Waals surface area contributed by atoms with Crippen molar-refractivity contribution in [3.63, 3.8) is 0 Å². The Hall–Kier alpha value is -2.56. The average Bonchev–Trinajstić information content (AvgIpc) is 3.35. The Morgan fingerprint density at radius 1 is 1.15 bits per heavy atom. The Morgan fingerprint density at radius 3 is 2.63 bits per heavy atom. The molecule has 0 N–H and O–H groups in total. The molecule has 2 aromatic heterocycles. The van der Waals surface area contributed by atoms with E-state index < -0.39 is 0 Å². The molecule has 27 heavy (non-hydrogen) atoms. The molecule has 142 valence electrons. The van der Waals surface area contributed by atoms with Crippen LogP contribution in [0.4, 0.5) is 0 Å². The number of imidazole rings is 1. The lowest BCUT2D eigenvalue weighted by Crippen LogP contribution is -2.31. The molecule has 0 radical (unpaired) electrons. The van der Waals surface area contributed by atoms with Crippen LogP contribution in [0.15, 0.2) is 36.4 Å². The summed E-state index contributed by atoms with van der Waals surface area (Å²) in [7, 11) is 2.06. The third-order valence-corrected chi connectivity index (χ3v) is 5.88. The molecule has 0 aliphatic carbocycles. The van der Waals surface area contributed by atoms with E-state index in [1.165, 1.54) is 11.4 Å². The fraction of sp³-hybridized carbons (Fsp3) is 0.455. The monoisotopic (exact) mass is 364 g/mol. The van der Waals surface area contributed by atoms with Crippen LogP contribution in [0.25, 0.3) is 11.0 Å². The van der Waals surface area contributed by atoms with Crippen LogP contribution >= 0.6 is 0 Å². The molecule has 1 atom stereocenters. The molecule has 1 aliphatic rings. The zero-order chi connectivity index (χ0) is 19.0. The first kappa shape index (κ1) is 17.8. The zero-order valence-electron chi connectivity index (χ0n) is 16.5. The van der Waals surface area contributed by atoms with Crippen LogP contribution < -0.4 is 0 Å². The molecule has 1 amide bonds. The third-order valence-electron chi connectivity index (χ3n) is 5.88. The lowest BCUT2D eigenvalue weighted by Gasteiger charge is -2.24. The van der Waals surface area contributed by atoms with Gasteiger partial charge in [0.1, 0.15) is 5.82 Å². The SMILES string of the molecule is Cc1ccc(C)n1CCCC(=O)N1CCCC1c1nc2ccccc2n1C. The van der Waals surface area contributed by atoms with Gasteiger partial charge in [0.15, 0.2) is 0 Å². The third kappa shape index (κ3) is 3.27. The van der Waals surface area contributed by atoms with Crippen LogP contribution in [0.2, 0.25) is 0 Å². The van der Waals surface area contributed by atoms with E-state index in [9.17, 15) is 4.79 Å². The van der Waals surface area contributed by atoms with E-state index in [2.05, 4.69) is 53.1 Å². The number of amides is 1. The molecule has 1 aliphatic heterocycles. The van der Waals surface area contributed by atoms with Crippen molar-refractivity contribution in [2.24, 2.45) is 7.05 Å². The van der Waals surface area contributed by atoms with Gasteiger partial charge >= 0.3 is 0 Å². The standard InChI is InChI=1S/C22H28N4O/c1-16-12-13-17(2)25(16)14-7-11-21(27)26-15-6-10-20(26)22-23-18-8-4-5-9-19(18)24(22)3/h4-5,8-9,12-13,20H,6-7,10-11,14-15H2,1-3H3. The Labute approximate surface area is 160 Å². The molecule has 5 heteroatoms. The number of carbonyl (C=O) groups excluding carboxylic acids is 1. The van der Waals surface area contributed by atoms with Gasteiger partial charge in [0.2, 0.25) is 5.91 Å². The number of aromatic nitrogens is 3. The van der Waals surface area contributed by atoms with Gasteiger partial charge in [-0.15, -0.1) is 0 Å². The van der Waals surface area contributed by atoms with Gasteiger partial charge < -0.3 is 14.0 Å². The number of carbonyl (C=O) groups is 1. The summed E-state index contributed by atoms with van der Waals surface area (Å²) >= 11 is 0. The summed E-state index contributed by atoms with van der Waals surface area (Å²) in [5.74, 6) is 1.27. The second-order valence-corrected chi connectivity index (χ2v) is 7.63. The molecule has 1 saturated heterocycles. The lowest BCUT2D eigenvalue weighted by atomic mass is 10.2. The van der Waals surface area contributed by atoms with Crippen molar-refractivity contribution in [3.05, 3.63) is 53.6 Å². The predicted octanol–water partition coefficient (Wildman–Crippen LogP) is 4.14. The maximum absolute atomic E-state index is 12.9. The fourth-order valence-corrected chi connectivity index (χ4v) is 4.38. The van der Waals surface area contributed by atoms with Crippen LogP contribution in [-0.2, 0) is 18.4 Å². The number of rotatable bonds is 5. The number of hydrogen-bond acceptors (Lipinski definition) is 2. The van der Waals surface area contributed by atoms with E-state index in [0.717, 1.165) is 49.2 Å². The Morgan fingerprint density at radius 2 is 1.89 bits per heavy atom. The Kier molecular flexibility index (Phi) is 4.77. The van der Waals surface area contributed by atoms with Gasteiger partial charge in [0, 0.05) is 37.9 Å². The summed E-state index contributed by atoms with van der Waals surface area (Å²) in [5.41, 5.74) is 4.66. The number of fused-ring (bicyclic) bond motifs is 1. The molecular formula is C22H28N4O. The first-order chi connectivity index (χ1) is 13.1. The molecule has 5 nitrogen and oxygen atoms in total. The van der Waals surface area contributed by atoms with Crippen molar-refractivity contribution in [1.29, 1.82) is 0 Å². The number of benzene rings is 1. The van der Waals surface area contributed by atoms with Crippen molar-refractivity contribution < 1.29 is 4.79 Å². The number of aryl methyl sites for hydroxylation is 3. The minimum atomic E-state index is 0.102. The molecule has 3 heterocycles. The summed E-state index contributed by atoms with van der Waals surface area (Å²) in [5, 5.41) is 0. The summed E-state index contributed by atoms with van der Waals surface area (Å²) in [6.07, 6.45) is 3.52. The molecule has 0 bridgehead atoms. The van der Waals surface area contributed by atoms with Gasteiger partial charge in [-0.05, 0) is 57.4 Å². The van der Waals surface area contributed by atoms with Gasteiger partial charge in [0.05, 0.1) is 17.1 Å². The molecule has 0 spiro atoms. The molecule has 4 rings (SSSR count). The van der Waals surface area contributed by atoms with E-state index in [1.54, 1.807) is 0 Å². The topological polar surface area (TPSA) is 43.1 Å². The van der Waals surface area contributed by atoms with Crippen molar-refractivity contribution in [1.82, 2.24) is 19.0 Å². The van der Waals surface area contributed by atoms with Gasteiger partial charge in [0.25, 0.3) is 0 Å². The number of likely N-dealkylation sites (tertiary alicyclic amines) is 1. The van der Waals surface area contributed by atoms with E-state index >= 15 is 0 Å². The molecular weight excluding hydrogens is 336 g/mol.